The highest BCUT2D eigenvalue weighted by atomic mass is 16.6. The first-order valence-electron chi connectivity index (χ1n) is 3.96. The SMILES string of the molecule is COCC#Cc1cccc([N+](=O)[O-])c1. The van der Waals surface area contributed by atoms with Crippen LogP contribution in [0, 0.1) is 22.0 Å². The Balaban J connectivity index is 2.85. The number of rotatable bonds is 2. The summed E-state index contributed by atoms with van der Waals surface area (Å²) >= 11 is 0. The van der Waals surface area contributed by atoms with Gasteiger partial charge in [-0.05, 0) is 6.07 Å². The molecule has 0 heterocycles. The van der Waals surface area contributed by atoms with Crippen molar-refractivity contribution in [1.82, 2.24) is 0 Å². The van der Waals surface area contributed by atoms with Crippen LogP contribution < -0.4 is 0 Å². The van der Waals surface area contributed by atoms with Crippen LogP contribution in [-0.4, -0.2) is 18.6 Å². The van der Waals surface area contributed by atoms with Crippen molar-refractivity contribution in [2.75, 3.05) is 13.7 Å². The highest BCUT2D eigenvalue weighted by Crippen LogP contribution is 2.11. The number of nitro groups is 1. The summed E-state index contributed by atoms with van der Waals surface area (Å²) in [5.74, 6) is 5.48. The maximum atomic E-state index is 10.4. The fraction of sp³-hybridized carbons (Fsp3) is 0.200. The Morgan fingerprint density at radius 2 is 2.36 bits per heavy atom. The highest BCUT2D eigenvalue weighted by Gasteiger charge is 2.03. The van der Waals surface area contributed by atoms with Crippen molar-refractivity contribution in [3.63, 3.8) is 0 Å². The molecule has 0 aliphatic carbocycles. The highest BCUT2D eigenvalue weighted by molar-refractivity contribution is 5.42. The zero-order valence-corrected chi connectivity index (χ0v) is 7.69. The average molecular weight is 191 g/mol. The van der Waals surface area contributed by atoms with E-state index in [0.29, 0.717) is 12.2 Å². The van der Waals surface area contributed by atoms with E-state index in [4.69, 9.17) is 4.74 Å². The Bertz CT molecular complexity index is 390. The number of benzene rings is 1. The molecule has 0 unspecified atom stereocenters. The lowest BCUT2D eigenvalue weighted by Crippen LogP contribution is -1.88. The summed E-state index contributed by atoms with van der Waals surface area (Å²) in [7, 11) is 1.54. The van der Waals surface area contributed by atoms with Crippen molar-refractivity contribution in [2.24, 2.45) is 0 Å². The van der Waals surface area contributed by atoms with Gasteiger partial charge in [-0.1, -0.05) is 17.9 Å². The molecular formula is C10H9NO3. The van der Waals surface area contributed by atoms with Gasteiger partial charge in [-0.15, -0.1) is 0 Å². The molecule has 0 N–H and O–H groups in total. The minimum Gasteiger partial charge on any atom is -0.372 e. The molecule has 0 amide bonds. The van der Waals surface area contributed by atoms with Crippen LogP contribution in [0.15, 0.2) is 24.3 Å². The lowest BCUT2D eigenvalue weighted by molar-refractivity contribution is -0.384. The van der Waals surface area contributed by atoms with Gasteiger partial charge in [-0.3, -0.25) is 10.1 Å². The van der Waals surface area contributed by atoms with E-state index in [-0.39, 0.29) is 5.69 Å². The molecule has 72 valence electrons. The van der Waals surface area contributed by atoms with E-state index in [1.165, 1.54) is 12.1 Å². The number of non-ortho nitro benzene ring substituents is 1. The average Bonchev–Trinajstić information content (AvgIpc) is 2.19. The van der Waals surface area contributed by atoms with Crippen LogP contribution in [-0.2, 0) is 4.74 Å². The van der Waals surface area contributed by atoms with E-state index in [1.807, 2.05) is 0 Å². The molecule has 0 aliphatic heterocycles. The first-order valence-corrected chi connectivity index (χ1v) is 3.96. The number of hydrogen-bond acceptors (Lipinski definition) is 3. The molecule has 0 saturated heterocycles. The monoisotopic (exact) mass is 191 g/mol. The first-order chi connectivity index (χ1) is 6.74. The summed E-state index contributed by atoms with van der Waals surface area (Å²) in [4.78, 5) is 9.97. The van der Waals surface area contributed by atoms with Crippen LogP contribution in [0.5, 0.6) is 0 Å². The first kappa shape index (κ1) is 10.2. The molecule has 1 aromatic carbocycles. The predicted octanol–water partition coefficient (Wildman–Crippen LogP) is 1.59. The molecule has 0 aliphatic rings. The van der Waals surface area contributed by atoms with Gasteiger partial charge < -0.3 is 4.74 Å². The van der Waals surface area contributed by atoms with Gasteiger partial charge in [0.05, 0.1) is 4.92 Å². The van der Waals surface area contributed by atoms with Gasteiger partial charge in [0.25, 0.3) is 5.69 Å². The number of ether oxygens (including phenoxy) is 1. The largest absolute Gasteiger partial charge is 0.372 e. The molecule has 14 heavy (non-hydrogen) atoms. The zero-order chi connectivity index (χ0) is 10.4. The topological polar surface area (TPSA) is 52.4 Å². The molecule has 0 spiro atoms. The fourth-order valence-corrected chi connectivity index (χ4v) is 0.908. The number of methoxy groups -OCH3 is 1. The molecule has 4 nitrogen and oxygen atoms in total. The van der Waals surface area contributed by atoms with Crippen LogP contribution in [0.2, 0.25) is 0 Å². The van der Waals surface area contributed by atoms with Crippen LogP contribution >= 0.6 is 0 Å². The van der Waals surface area contributed by atoms with Crippen LogP contribution in [0.4, 0.5) is 5.69 Å². The van der Waals surface area contributed by atoms with E-state index in [2.05, 4.69) is 11.8 Å². The second-order valence-corrected chi connectivity index (χ2v) is 2.54. The normalized spacial score (nSPS) is 8.93. The van der Waals surface area contributed by atoms with Crippen molar-refractivity contribution < 1.29 is 9.66 Å². The quantitative estimate of drug-likeness (QED) is 0.405. The van der Waals surface area contributed by atoms with Crippen molar-refractivity contribution in [3.8, 4) is 11.8 Å². The molecule has 0 atom stereocenters. The van der Waals surface area contributed by atoms with Gasteiger partial charge in [0, 0.05) is 24.8 Å². The summed E-state index contributed by atoms with van der Waals surface area (Å²) < 4.78 is 4.73. The number of hydrogen-bond donors (Lipinski definition) is 0. The minimum absolute atomic E-state index is 0.0502. The Hall–Kier alpha value is -1.86. The second-order valence-electron chi connectivity index (χ2n) is 2.54. The Kier molecular flexibility index (Phi) is 3.65. The van der Waals surface area contributed by atoms with Crippen molar-refractivity contribution >= 4 is 5.69 Å². The standard InChI is InChI=1S/C10H9NO3/c1-14-7-3-5-9-4-2-6-10(8-9)11(12)13/h2,4,6,8H,7H2,1H3. The third-order valence-corrected chi connectivity index (χ3v) is 1.51. The second kappa shape index (κ2) is 5.00. The molecule has 0 saturated carbocycles. The summed E-state index contributed by atoms with van der Waals surface area (Å²) in [5, 5.41) is 10.4. The molecule has 0 aromatic heterocycles. The van der Waals surface area contributed by atoms with Crippen LogP contribution in [0.3, 0.4) is 0 Å². The zero-order valence-electron chi connectivity index (χ0n) is 7.69. The maximum absolute atomic E-state index is 10.4. The lowest BCUT2D eigenvalue weighted by Gasteiger charge is -1.91. The summed E-state index contributed by atoms with van der Waals surface area (Å²) in [5.41, 5.74) is 0.672. The van der Waals surface area contributed by atoms with Crippen LogP contribution in [0.1, 0.15) is 5.56 Å². The van der Waals surface area contributed by atoms with E-state index in [1.54, 1.807) is 19.2 Å². The van der Waals surface area contributed by atoms with Gasteiger partial charge in [-0.25, -0.2) is 0 Å². The fourth-order valence-electron chi connectivity index (χ4n) is 0.908. The van der Waals surface area contributed by atoms with E-state index < -0.39 is 4.92 Å². The Morgan fingerprint density at radius 1 is 1.57 bits per heavy atom. The molecule has 0 bridgehead atoms. The molecule has 0 fully saturated rings. The van der Waals surface area contributed by atoms with Gasteiger partial charge in [0.1, 0.15) is 6.61 Å². The molecule has 1 aromatic rings. The number of nitro benzene ring substituents is 1. The van der Waals surface area contributed by atoms with Crippen molar-refractivity contribution in [2.45, 2.75) is 0 Å². The lowest BCUT2D eigenvalue weighted by atomic mass is 10.2. The smallest absolute Gasteiger partial charge is 0.270 e. The summed E-state index contributed by atoms with van der Waals surface area (Å²) in [6.07, 6.45) is 0. The molecule has 1 rings (SSSR count). The minimum atomic E-state index is -0.443. The third-order valence-electron chi connectivity index (χ3n) is 1.51. The summed E-state index contributed by atoms with van der Waals surface area (Å²) in [6, 6.07) is 6.19. The molecule has 0 radical (unpaired) electrons. The van der Waals surface area contributed by atoms with Crippen molar-refractivity contribution in [1.29, 1.82) is 0 Å². The van der Waals surface area contributed by atoms with E-state index >= 15 is 0 Å². The summed E-state index contributed by atoms with van der Waals surface area (Å²) in [6.45, 7) is 0.322. The molecule has 4 heteroatoms. The van der Waals surface area contributed by atoms with E-state index in [9.17, 15) is 10.1 Å². The van der Waals surface area contributed by atoms with Crippen LogP contribution in [0.25, 0.3) is 0 Å². The van der Waals surface area contributed by atoms with Gasteiger partial charge in [0.15, 0.2) is 0 Å². The van der Waals surface area contributed by atoms with Gasteiger partial charge in [-0.2, -0.15) is 0 Å². The predicted molar refractivity (Wildman–Crippen MR) is 51.9 cm³/mol. The Morgan fingerprint density at radius 3 is 3.00 bits per heavy atom. The Labute approximate surface area is 81.7 Å². The van der Waals surface area contributed by atoms with Crippen molar-refractivity contribution in [3.05, 3.63) is 39.9 Å². The van der Waals surface area contributed by atoms with Gasteiger partial charge >= 0.3 is 0 Å². The third kappa shape index (κ3) is 2.88. The van der Waals surface area contributed by atoms with Gasteiger partial charge in [0.2, 0.25) is 0 Å². The number of nitrogens with zero attached hydrogens (tertiary/aromatic N) is 1. The molecular weight excluding hydrogens is 182 g/mol. The maximum Gasteiger partial charge on any atom is 0.270 e. The van der Waals surface area contributed by atoms with E-state index in [0.717, 1.165) is 0 Å².